The number of nitrogens with zero attached hydrogens (tertiary/aromatic N) is 1. The molecule has 0 unspecified atom stereocenters. The second-order valence-corrected chi connectivity index (χ2v) is 8.50. The summed E-state index contributed by atoms with van der Waals surface area (Å²) in [5.41, 5.74) is 3.77. The molecular formula is C19H29NO2. The highest BCUT2D eigenvalue weighted by molar-refractivity contribution is 5.69. The van der Waals surface area contributed by atoms with Crippen molar-refractivity contribution in [2.45, 2.75) is 73.1 Å². The van der Waals surface area contributed by atoms with Crippen molar-refractivity contribution >= 4 is 6.09 Å². The van der Waals surface area contributed by atoms with E-state index >= 15 is 0 Å². The lowest BCUT2D eigenvalue weighted by molar-refractivity contribution is 0.0242. The molecule has 1 amide bonds. The number of hydrogen-bond acceptors (Lipinski definition) is 2. The molecule has 1 aromatic carbocycles. The highest BCUT2D eigenvalue weighted by Gasteiger charge is 2.27. The number of aryl methyl sites for hydroxylation is 1. The molecule has 0 saturated heterocycles. The van der Waals surface area contributed by atoms with E-state index in [9.17, 15) is 4.79 Å². The molecule has 3 heteroatoms. The summed E-state index contributed by atoms with van der Waals surface area (Å²) < 4.78 is 5.46. The molecule has 0 N–H and O–H groups in total. The SMILES string of the molecule is CC(C)(C)CCc1ccc2c(c1)CN(C(=O)OC(C)(C)C)C2. The summed E-state index contributed by atoms with van der Waals surface area (Å²) in [6.07, 6.45) is 2.03. The van der Waals surface area contributed by atoms with E-state index in [2.05, 4.69) is 39.0 Å². The lowest BCUT2D eigenvalue weighted by Crippen LogP contribution is -2.33. The molecule has 0 aliphatic carbocycles. The fraction of sp³-hybridized carbons (Fsp3) is 0.632. The molecular weight excluding hydrogens is 274 g/mol. The van der Waals surface area contributed by atoms with Gasteiger partial charge in [0.05, 0.1) is 0 Å². The van der Waals surface area contributed by atoms with Crippen LogP contribution in [0.5, 0.6) is 0 Å². The van der Waals surface area contributed by atoms with Crippen LogP contribution in [0.15, 0.2) is 18.2 Å². The molecule has 22 heavy (non-hydrogen) atoms. The summed E-state index contributed by atoms with van der Waals surface area (Å²) in [6, 6.07) is 6.62. The molecule has 0 aromatic heterocycles. The quantitative estimate of drug-likeness (QED) is 0.776. The minimum absolute atomic E-state index is 0.222. The van der Waals surface area contributed by atoms with Gasteiger partial charge in [-0.25, -0.2) is 4.79 Å². The normalized spacial score (nSPS) is 14.9. The predicted octanol–water partition coefficient (Wildman–Crippen LogP) is 4.92. The van der Waals surface area contributed by atoms with Crippen molar-refractivity contribution in [3.8, 4) is 0 Å². The van der Waals surface area contributed by atoms with E-state index in [1.165, 1.54) is 23.1 Å². The van der Waals surface area contributed by atoms with Gasteiger partial charge in [-0.1, -0.05) is 39.0 Å². The minimum atomic E-state index is -0.441. The molecule has 1 aliphatic heterocycles. The van der Waals surface area contributed by atoms with Gasteiger partial charge in [0.25, 0.3) is 0 Å². The molecule has 0 bridgehead atoms. The fourth-order valence-electron chi connectivity index (χ4n) is 2.58. The first-order chi connectivity index (χ1) is 10.0. The average Bonchev–Trinajstić information content (AvgIpc) is 2.76. The molecule has 0 radical (unpaired) electrons. The van der Waals surface area contributed by atoms with Gasteiger partial charge >= 0.3 is 6.09 Å². The summed E-state index contributed by atoms with van der Waals surface area (Å²) in [5.74, 6) is 0. The van der Waals surface area contributed by atoms with Crippen LogP contribution in [-0.4, -0.2) is 16.6 Å². The smallest absolute Gasteiger partial charge is 0.410 e. The second kappa shape index (κ2) is 5.94. The molecule has 2 rings (SSSR count). The third-order valence-corrected chi connectivity index (χ3v) is 3.81. The first-order valence-corrected chi connectivity index (χ1v) is 8.12. The van der Waals surface area contributed by atoms with Gasteiger partial charge in [0.2, 0.25) is 0 Å². The Morgan fingerprint density at radius 2 is 1.73 bits per heavy atom. The Morgan fingerprint density at radius 1 is 1.09 bits per heavy atom. The van der Waals surface area contributed by atoms with Crippen molar-refractivity contribution in [2.75, 3.05) is 0 Å². The van der Waals surface area contributed by atoms with Crippen molar-refractivity contribution in [1.82, 2.24) is 4.90 Å². The van der Waals surface area contributed by atoms with Gasteiger partial charge in [-0.3, -0.25) is 4.90 Å². The Kier molecular flexibility index (Phi) is 4.55. The Bertz CT molecular complexity index is 550. The van der Waals surface area contributed by atoms with Crippen LogP contribution in [0.3, 0.4) is 0 Å². The third-order valence-electron chi connectivity index (χ3n) is 3.81. The van der Waals surface area contributed by atoms with Crippen LogP contribution >= 0.6 is 0 Å². The van der Waals surface area contributed by atoms with Gasteiger partial charge in [0.15, 0.2) is 0 Å². The van der Waals surface area contributed by atoms with E-state index in [0.29, 0.717) is 18.5 Å². The zero-order chi connectivity index (χ0) is 16.5. The standard InChI is InChI=1S/C19H29NO2/c1-18(2,3)10-9-14-7-8-15-12-20(13-16(15)11-14)17(21)22-19(4,5)6/h7-8,11H,9-10,12-13H2,1-6H3. The lowest BCUT2D eigenvalue weighted by Gasteiger charge is -2.24. The fourth-order valence-corrected chi connectivity index (χ4v) is 2.58. The van der Waals surface area contributed by atoms with Gasteiger partial charge < -0.3 is 4.74 Å². The summed E-state index contributed by atoms with van der Waals surface area (Å²) in [4.78, 5) is 14.0. The minimum Gasteiger partial charge on any atom is -0.444 e. The zero-order valence-electron chi connectivity index (χ0n) is 14.8. The maximum Gasteiger partial charge on any atom is 0.410 e. The number of ether oxygens (including phenoxy) is 1. The Hall–Kier alpha value is -1.51. The number of rotatable bonds is 2. The molecule has 122 valence electrons. The van der Waals surface area contributed by atoms with E-state index in [0.717, 1.165) is 6.42 Å². The number of amides is 1. The molecule has 0 atom stereocenters. The van der Waals surface area contributed by atoms with Crippen LogP contribution < -0.4 is 0 Å². The summed E-state index contributed by atoms with van der Waals surface area (Å²) in [5, 5.41) is 0. The van der Waals surface area contributed by atoms with Gasteiger partial charge in [-0.15, -0.1) is 0 Å². The van der Waals surface area contributed by atoms with E-state index in [-0.39, 0.29) is 6.09 Å². The van der Waals surface area contributed by atoms with E-state index in [1.807, 2.05) is 20.8 Å². The number of hydrogen-bond donors (Lipinski definition) is 0. The molecule has 3 nitrogen and oxygen atoms in total. The summed E-state index contributed by atoms with van der Waals surface area (Å²) in [7, 11) is 0. The zero-order valence-corrected chi connectivity index (χ0v) is 14.8. The number of carbonyl (C=O) groups is 1. The molecule has 0 saturated carbocycles. The predicted molar refractivity (Wildman–Crippen MR) is 89.7 cm³/mol. The number of carbonyl (C=O) groups excluding carboxylic acids is 1. The largest absolute Gasteiger partial charge is 0.444 e. The Balaban J connectivity index is 2.01. The maximum atomic E-state index is 12.2. The number of benzene rings is 1. The maximum absolute atomic E-state index is 12.2. The second-order valence-electron chi connectivity index (χ2n) is 8.50. The lowest BCUT2D eigenvalue weighted by atomic mass is 9.88. The van der Waals surface area contributed by atoms with Gasteiger partial charge in [-0.2, -0.15) is 0 Å². The molecule has 1 aromatic rings. The van der Waals surface area contributed by atoms with Crippen LogP contribution in [0.1, 0.15) is 64.7 Å². The van der Waals surface area contributed by atoms with Crippen LogP contribution in [0.25, 0.3) is 0 Å². The monoisotopic (exact) mass is 303 g/mol. The van der Waals surface area contributed by atoms with Crippen LogP contribution in [-0.2, 0) is 24.2 Å². The summed E-state index contributed by atoms with van der Waals surface area (Å²) >= 11 is 0. The average molecular weight is 303 g/mol. The van der Waals surface area contributed by atoms with Gasteiger partial charge in [0, 0.05) is 13.1 Å². The molecule has 0 fully saturated rings. The topological polar surface area (TPSA) is 29.5 Å². The highest BCUT2D eigenvalue weighted by Crippen LogP contribution is 2.27. The van der Waals surface area contributed by atoms with Crippen LogP contribution in [0.4, 0.5) is 4.79 Å². The highest BCUT2D eigenvalue weighted by atomic mass is 16.6. The van der Waals surface area contributed by atoms with Crippen molar-refractivity contribution in [3.63, 3.8) is 0 Å². The van der Waals surface area contributed by atoms with Gasteiger partial charge in [-0.05, 0) is 55.7 Å². The molecule has 0 spiro atoms. The first-order valence-electron chi connectivity index (χ1n) is 8.12. The van der Waals surface area contributed by atoms with Crippen molar-refractivity contribution in [2.24, 2.45) is 5.41 Å². The van der Waals surface area contributed by atoms with Crippen LogP contribution in [0.2, 0.25) is 0 Å². The van der Waals surface area contributed by atoms with E-state index in [4.69, 9.17) is 4.74 Å². The van der Waals surface area contributed by atoms with E-state index < -0.39 is 5.60 Å². The van der Waals surface area contributed by atoms with Crippen molar-refractivity contribution in [3.05, 3.63) is 34.9 Å². The van der Waals surface area contributed by atoms with Gasteiger partial charge in [0.1, 0.15) is 5.60 Å². The molecule has 1 heterocycles. The van der Waals surface area contributed by atoms with Crippen molar-refractivity contribution < 1.29 is 9.53 Å². The summed E-state index contributed by atoms with van der Waals surface area (Å²) in [6.45, 7) is 13.8. The Labute approximate surface area is 134 Å². The third kappa shape index (κ3) is 4.75. The number of fused-ring (bicyclic) bond motifs is 1. The van der Waals surface area contributed by atoms with Crippen LogP contribution in [0, 0.1) is 5.41 Å². The first kappa shape index (κ1) is 16.9. The molecule has 1 aliphatic rings. The Morgan fingerprint density at radius 3 is 2.32 bits per heavy atom. The van der Waals surface area contributed by atoms with E-state index in [1.54, 1.807) is 4.90 Å². The van der Waals surface area contributed by atoms with Crippen molar-refractivity contribution in [1.29, 1.82) is 0 Å².